The fourth-order valence-electron chi connectivity index (χ4n) is 0. The number of primary amides is 1. The van der Waals surface area contributed by atoms with Crippen molar-refractivity contribution in [2.75, 3.05) is 0 Å². The molecular formula is CH3NOZn. The molecule has 2 N–H and O–H groups in total. The van der Waals surface area contributed by atoms with Gasteiger partial charge in [0.2, 0.25) is 6.41 Å². The first-order valence-electron chi connectivity index (χ1n) is 0.569. The molecule has 1 amide bonds. The molecule has 0 heterocycles. The molecule has 0 aliphatic carbocycles. The Morgan fingerprint density at radius 1 is 1.75 bits per heavy atom. The van der Waals surface area contributed by atoms with Gasteiger partial charge in [-0.1, -0.05) is 0 Å². The average Bonchev–Trinajstić information content (AvgIpc) is 0.918. The van der Waals surface area contributed by atoms with E-state index in [4.69, 9.17) is 4.79 Å². The molecule has 0 spiro atoms. The molecule has 0 bridgehead atoms. The smallest absolute Gasteiger partial charge is 0.204 e. The van der Waals surface area contributed by atoms with Crippen molar-refractivity contribution >= 4 is 6.41 Å². The molecule has 0 aromatic carbocycles. The number of rotatable bonds is 0. The summed E-state index contributed by atoms with van der Waals surface area (Å²) in [5.41, 5.74) is 4.17. The van der Waals surface area contributed by atoms with E-state index in [-0.39, 0.29) is 25.9 Å². The molecule has 20 valence electrons. The van der Waals surface area contributed by atoms with E-state index in [0.717, 1.165) is 0 Å². The fourth-order valence-corrected chi connectivity index (χ4v) is 0. The standard InChI is InChI=1S/CH3NO.Zn/c2-1-3;/h1H,(H2,2,3);. The Morgan fingerprint density at radius 3 is 1.75 bits per heavy atom. The van der Waals surface area contributed by atoms with Gasteiger partial charge in [-0.2, -0.15) is 0 Å². The summed E-state index contributed by atoms with van der Waals surface area (Å²) in [7, 11) is 0. The second-order valence-electron chi connectivity index (χ2n) is 0.136. The second-order valence-corrected chi connectivity index (χ2v) is 0.136. The quantitative estimate of drug-likeness (QED) is 0.319. The number of nitrogens with two attached hydrogens (primary N) is 1. The molecular weight excluding hydrogens is 107 g/mol. The normalized spacial score (nSPS) is 3.00. The molecule has 0 aliphatic heterocycles. The van der Waals surface area contributed by atoms with Gasteiger partial charge in [0, 0.05) is 19.5 Å². The van der Waals surface area contributed by atoms with Crippen molar-refractivity contribution in [2.24, 2.45) is 5.73 Å². The first-order chi connectivity index (χ1) is 1.41. The van der Waals surface area contributed by atoms with Gasteiger partial charge in [0.1, 0.15) is 0 Å². The minimum Gasteiger partial charge on any atom is -0.372 e. The maximum atomic E-state index is 8.58. The van der Waals surface area contributed by atoms with E-state index in [0.29, 0.717) is 0 Å². The minimum atomic E-state index is 0. The van der Waals surface area contributed by atoms with E-state index < -0.39 is 0 Å². The monoisotopic (exact) mass is 109 g/mol. The van der Waals surface area contributed by atoms with Gasteiger partial charge >= 0.3 is 0 Å². The maximum absolute atomic E-state index is 8.58. The molecule has 0 rings (SSSR count). The van der Waals surface area contributed by atoms with Crippen molar-refractivity contribution in [2.45, 2.75) is 0 Å². The zero-order valence-corrected chi connectivity index (χ0v) is 5.24. The van der Waals surface area contributed by atoms with Gasteiger partial charge in [-0.15, -0.1) is 0 Å². The third kappa shape index (κ3) is 287. The van der Waals surface area contributed by atoms with Gasteiger partial charge in [0.25, 0.3) is 0 Å². The van der Waals surface area contributed by atoms with Crippen LogP contribution in [0.3, 0.4) is 0 Å². The van der Waals surface area contributed by atoms with Crippen molar-refractivity contribution < 1.29 is 24.3 Å². The van der Waals surface area contributed by atoms with Crippen LogP contribution in [0.5, 0.6) is 0 Å². The van der Waals surface area contributed by atoms with Gasteiger partial charge in [0.05, 0.1) is 0 Å². The third-order valence-electron chi connectivity index (χ3n) is 0. The van der Waals surface area contributed by atoms with Crippen LogP contribution in [-0.4, -0.2) is 6.41 Å². The van der Waals surface area contributed by atoms with Crippen LogP contribution in [-0.2, 0) is 24.3 Å². The van der Waals surface area contributed by atoms with Crippen LogP contribution in [0.25, 0.3) is 0 Å². The van der Waals surface area contributed by atoms with Crippen LogP contribution >= 0.6 is 0 Å². The average molecular weight is 110 g/mol. The number of amides is 1. The molecule has 0 aromatic heterocycles. The van der Waals surface area contributed by atoms with Crippen LogP contribution in [0.4, 0.5) is 0 Å². The number of hydrogen-bond donors (Lipinski definition) is 1. The topological polar surface area (TPSA) is 43.1 Å². The first kappa shape index (κ1) is 8.94. The van der Waals surface area contributed by atoms with E-state index in [1.165, 1.54) is 0 Å². The molecule has 0 atom stereocenters. The third-order valence-corrected chi connectivity index (χ3v) is 0. The van der Waals surface area contributed by atoms with Crippen molar-refractivity contribution in [3.8, 4) is 0 Å². The van der Waals surface area contributed by atoms with E-state index in [1.807, 2.05) is 0 Å². The second kappa shape index (κ2) is 11.3. The number of carbonyl (C=O) groups is 1. The summed E-state index contributed by atoms with van der Waals surface area (Å²) in [5, 5.41) is 0. The Balaban J connectivity index is 0. The summed E-state index contributed by atoms with van der Waals surface area (Å²) >= 11 is 0. The Labute approximate surface area is 37.1 Å². The van der Waals surface area contributed by atoms with Gasteiger partial charge in [-0.05, 0) is 0 Å². The van der Waals surface area contributed by atoms with Crippen LogP contribution in [0.2, 0.25) is 0 Å². The van der Waals surface area contributed by atoms with Crippen molar-refractivity contribution in [1.82, 2.24) is 0 Å². The Morgan fingerprint density at radius 2 is 1.75 bits per heavy atom. The molecule has 3 heteroatoms. The van der Waals surface area contributed by atoms with Crippen molar-refractivity contribution in [3.63, 3.8) is 0 Å². The summed E-state index contributed by atoms with van der Waals surface area (Å²) in [6.45, 7) is 0. The molecule has 0 saturated carbocycles. The van der Waals surface area contributed by atoms with Gasteiger partial charge in [-0.25, -0.2) is 0 Å². The molecule has 0 radical (unpaired) electrons. The summed E-state index contributed by atoms with van der Waals surface area (Å²) in [5.74, 6) is 0. The van der Waals surface area contributed by atoms with E-state index >= 15 is 0 Å². The van der Waals surface area contributed by atoms with Crippen LogP contribution < -0.4 is 5.73 Å². The van der Waals surface area contributed by atoms with Crippen LogP contribution in [0.1, 0.15) is 0 Å². The Kier molecular flexibility index (Phi) is 25.3. The molecule has 0 fully saturated rings. The molecule has 4 heavy (non-hydrogen) atoms. The van der Waals surface area contributed by atoms with E-state index in [2.05, 4.69) is 5.73 Å². The van der Waals surface area contributed by atoms with Gasteiger partial charge in [-0.3, -0.25) is 4.79 Å². The molecule has 0 aromatic rings. The molecule has 2 nitrogen and oxygen atoms in total. The van der Waals surface area contributed by atoms with Crippen LogP contribution in [0, 0.1) is 0 Å². The predicted molar refractivity (Wildman–Crippen MR) is 10.3 cm³/mol. The summed E-state index contributed by atoms with van der Waals surface area (Å²) in [6, 6.07) is 0. The molecule has 0 saturated heterocycles. The summed E-state index contributed by atoms with van der Waals surface area (Å²) in [6.07, 6.45) is 0.250. The first-order valence-corrected chi connectivity index (χ1v) is 0.569. The van der Waals surface area contributed by atoms with Gasteiger partial charge < -0.3 is 5.73 Å². The maximum Gasteiger partial charge on any atom is 0.204 e. The Bertz CT molecular complexity index is 15.5. The summed E-state index contributed by atoms with van der Waals surface area (Å²) in [4.78, 5) is 8.58. The zero-order chi connectivity index (χ0) is 2.71. The number of carbonyl (C=O) groups excluding carboxylic acids is 1. The largest absolute Gasteiger partial charge is 0.372 e. The zero-order valence-electron chi connectivity index (χ0n) is 2.27. The van der Waals surface area contributed by atoms with Crippen molar-refractivity contribution in [3.05, 3.63) is 0 Å². The van der Waals surface area contributed by atoms with Crippen LogP contribution in [0.15, 0.2) is 0 Å². The number of hydrogen-bond acceptors (Lipinski definition) is 1. The fraction of sp³-hybridized carbons (Fsp3) is 0. The molecule has 0 unspecified atom stereocenters. The predicted octanol–water partition coefficient (Wildman–Crippen LogP) is -0.901. The SMILES string of the molecule is NC=O.[Zn]. The Hall–Kier alpha value is 0.0934. The minimum absolute atomic E-state index is 0. The molecule has 0 aliphatic rings. The van der Waals surface area contributed by atoms with E-state index in [9.17, 15) is 0 Å². The van der Waals surface area contributed by atoms with Gasteiger partial charge in [0.15, 0.2) is 0 Å². The summed E-state index contributed by atoms with van der Waals surface area (Å²) < 4.78 is 0. The van der Waals surface area contributed by atoms with E-state index in [1.54, 1.807) is 0 Å². The van der Waals surface area contributed by atoms with Crippen molar-refractivity contribution in [1.29, 1.82) is 0 Å².